The van der Waals surface area contributed by atoms with Crippen LogP contribution in [-0.4, -0.2) is 23.5 Å². The fourth-order valence-electron chi connectivity index (χ4n) is 3.93. The second kappa shape index (κ2) is 9.97. The predicted octanol–water partition coefficient (Wildman–Crippen LogP) is 7.61. The van der Waals surface area contributed by atoms with Crippen molar-refractivity contribution in [1.82, 2.24) is 4.98 Å². The van der Waals surface area contributed by atoms with E-state index in [0.29, 0.717) is 49.1 Å². The molecule has 0 fully saturated rings. The van der Waals surface area contributed by atoms with Gasteiger partial charge >= 0.3 is 5.97 Å². The summed E-state index contributed by atoms with van der Waals surface area (Å²) in [6, 6.07) is 19.9. The fourth-order valence-corrected chi connectivity index (χ4v) is 5.01. The van der Waals surface area contributed by atoms with E-state index in [1.54, 1.807) is 25.1 Å². The Morgan fingerprint density at radius 3 is 2.58 bits per heavy atom. The van der Waals surface area contributed by atoms with E-state index in [4.69, 9.17) is 20.8 Å². The van der Waals surface area contributed by atoms with E-state index in [9.17, 15) is 9.59 Å². The van der Waals surface area contributed by atoms with E-state index >= 15 is 0 Å². The molecule has 0 saturated carbocycles. The molecule has 5 rings (SSSR count). The van der Waals surface area contributed by atoms with E-state index in [0.717, 1.165) is 11.3 Å². The number of aromatic nitrogens is 1. The lowest BCUT2D eigenvalue weighted by molar-refractivity contribution is 0.0529. The van der Waals surface area contributed by atoms with Gasteiger partial charge in [-0.3, -0.25) is 4.79 Å². The van der Waals surface area contributed by atoms with Crippen LogP contribution in [0.15, 0.2) is 76.5 Å². The van der Waals surface area contributed by atoms with Crippen LogP contribution in [0.5, 0.6) is 0 Å². The third-order valence-electron chi connectivity index (χ3n) is 5.61. The summed E-state index contributed by atoms with van der Waals surface area (Å²) < 4.78 is 11.1. The molecule has 0 aliphatic heterocycles. The Kier molecular flexibility index (Phi) is 6.59. The van der Waals surface area contributed by atoms with Gasteiger partial charge in [0.25, 0.3) is 5.91 Å². The van der Waals surface area contributed by atoms with Crippen LogP contribution >= 0.6 is 22.9 Å². The number of furan rings is 1. The minimum Gasteiger partial charge on any atom is -0.462 e. The highest BCUT2D eigenvalue weighted by Gasteiger charge is 2.24. The molecule has 5 aromatic rings. The summed E-state index contributed by atoms with van der Waals surface area (Å²) in [4.78, 5) is 31.2. The smallest absolute Gasteiger partial charge is 0.341 e. The first-order chi connectivity index (χ1) is 17.4. The Balaban J connectivity index is 1.57. The molecule has 0 aliphatic rings. The van der Waals surface area contributed by atoms with Crippen LogP contribution in [0.25, 0.3) is 33.5 Å². The average Bonchev–Trinajstić information content (AvgIpc) is 3.50. The topological polar surface area (TPSA) is 81.4 Å². The molecule has 36 heavy (non-hydrogen) atoms. The highest BCUT2D eigenvalue weighted by Crippen LogP contribution is 2.37. The van der Waals surface area contributed by atoms with Crippen molar-refractivity contribution in [2.24, 2.45) is 0 Å². The summed E-state index contributed by atoms with van der Waals surface area (Å²) in [5.74, 6) is 0.442. The van der Waals surface area contributed by atoms with Gasteiger partial charge in [0.15, 0.2) is 5.76 Å². The molecule has 0 spiro atoms. The van der Waals surface area contributed by atoms with Crippen LogP contribution in [0.2, 0.25) is 5.02 Å². The van der Waals surface area contributed by atoms with Crippen LogP contribution < -0.4 is 5.32 Å². The maximum atomic E-state index is 13.6. The molecule has 1 amide bonds. The molecular formula is C28H21ClN2O4S. The number of para-hydroxylation sites is 1. The number of carbonyl (C=O) groups excluding carboxylic acids is 2. The first-order valence-electron chi connectivity index (χ1n) is 11.3. The Hall–Kier alpha value is -3.94. The van der Waals surface area contributed by atoms with Crippen molar-refractivity contribution in [3.8, 4) is 22.6 Å². The molecular weight excluding hydrogens is 496 g/mol. The number of hydrogen-bond acceptors (Lipinski definition) is 6. The number of anilines is 1. The van der Waals surface area contributed by atoms with E-state index < -0.39 is 5.97 Å². The first kappa shape index (κ1) is 23.8. The average molecular weight is 517 g/mol. The minimum absolute atomic E-state index is 0.211. The molecule has 0 bridgehead atoms. The normalized spacial score (nSPS) is 11.0. The van der Waals surface area contributed by atoms with E-state index in [2.05, 4.69) is 10.3 Å². The maximum absolute atomic E-state index is 13.6. The number of rotatable bonds is 6. The Labute approximate surface area is 216 Å². The predicted molar refractivity (Wildman–Crippen MR) is 143 cm³/mol. The number of nitrogens with one attached hydrogen (secondary N) is 1. The number of aryl methyl sites for hydroxylation is 1. The number of thiophene rings is 1. The lowest BCUT2D eigenvalue weighted by atomic mass is 10.0. The van der Waals surface area contributed by atoms with Crippen LogP contribution in [-0.2, 0) is 4.74 Å². The van der Waals surface area contributed by atoms with Crippen LogP contribution in [0.4, 0.5) is 5.00 Å². The highest BCUT2D eigenvalue weighted by atomic mass is 35.5. The Morgan fingerprint density at radius 1 is 1.08 bits per heavy atom. The third kappa shape index (κ3) is 4.63. The molecule has 6 nitrogen and oxygen atoms in total. The maximum Gasteiger partial charge on any atom is 0.341 e. The number of pyridine rings is 1. The van der Waals surface area contributed by atoms with Crippen LogP contribution in [0.1, 0.15) is 33.4 Å². The zero-order valence-electron chi connectivity index (χ0n) is 19.5. The summed E-state index contributed by atoms with van der Waals surface area (Å²) in [5, 5.41) is 6.45. The number of benzene rings is 2. The van der Waals surface area contributed by atoms with Gasteiger partial charge in [0.05, 0.1) is 17.7 Å². The van der Waals surface area contributed by atoms with Gasteiger partial charge in [0, 0.05) is 21.4 Å². The minimum atomic E-state index is -0.509. The van der Waals surface area contributed by atoms with Gasteiger partial charge in [0.2, 0.25) is 0 Å². The monoisotopic (exact) mass is 516 g/mol. The first-order valence-corrected chi connectivity index (χ1v) is 12.5. The molecule has 0 saturated heterocycles. The molecule has 0 aliphatic carbocycles. The number of esters is 1. The number of carbonyl (C=O) groups is 2. The molecule has 180 valence electrons. The van der Waals surface area contributed by atoms with Gasteiger partial charge in [-0.15, -0.1) is 11.3 Å². The van der Waals surface area contributed by atoms with Gasteiger partial charge in [-0.1, -0.05) is 41.9 Å². The zero-order valence-corrected chi connectivity index (χ0v) is 21.1. The lowest BCUT2D eigenvalue weighted by Gasteiger charge is -2.11. The van der Waals surface area contributed by atoms with Gasteiger partial charge in [-0.25, -0.2) is 9.78 Å². The molecule has 2 aromatic carbocycles. The third-order valence-corrected chi connectivity index (χ3v) is 6.75. The van der Waals surface area contributed by atoms with Gasteiger partial charge in [0.1, 0.15) is 22.0 Å². The number of fused-ring (bicyclic) bond motifs is 1. The van der Waals surface area contributed by atoms with Gasteiger partial charge in [-0.05, 0) is 55.8 Å². The summed E-state index contributed by atoms with van der Waals surface area (Å²) in [6.07, 6.45) is 0. The fraction of sp³-hybridized carbons (Fsp3) is 0.107. The number of halogens is 1. The van der Waals surface area contributed by atoms with E-state index in [1.165, 1.54) is 11.3 Å². The molecule has 3 heterocycles. The lowest BCUT2D eigenvalue weighted by Crippen LogP contribution is -2.15. The van der Waals surface area contributed by atoms with Crippen molar-refractivity contribution < 1.29 is 18.7 Å². The van der Waals surface area contributed by atoms with Crippen molar-refractivity contribution >= 4 is 50.7 Å². The van der Waals surface area contributed by atoms with Crippen LogP contribution in [0, 0.1) is 6.92 Å². The molecule has 0 atom stereocenters. The second-order valence-corrected chi connectivity index (χ2v) is 9.33. The van der Waals surface area contributed by atoms with E-state index in [1.807, 2.05) is 60.8 Å². The van der Waals surface area contributed by atoms with Gasteiger partial charge < -0.3 is 14.5 Å². The highest BCUT2D eigenvalue weighted by molar-refractivity contribution is 7.15. The number of nitrogens with zero attached hydrogens (tertiary/aromatic N) is 1. The summed E-state index contributed by atoms with van der Waals surface area (Å²) in [5.41, 5.74) is 3.39. The van der Waals surface area contributed by atoms with Crippen molar-refractivity contribution in [2.45, 2.75) is 13.8 Å². The second-order valence-electron chi connectivity index (χ2n) is 8.02. The summed E-state index contributed by atoms with van der Waals surface area (Å²) >= 11 is 7.30. The largest absolute Gasteiger partial charge is 0.462 e. The van der Waals surface area contributed by atoms with Crippen molar-refractivity contribution in [3.63, 3.8) is 0 Å². The molecule has 1 N–H and O–H groups in total. The van der Waals surface area contributed by atoms with Crippen LogP contribution in [0.3, 0.4) is 0 Å². The van der Waals surface area contributed by atoms with Gasteiger partial charge in [-0.2, -0.15) is 0 Å². The van der Waals surface area contributed by atoms with Crippen molar-refractivity contribution in [1.29, 1.82) is 0 Å². The standard InChI is InChI=1S/C28H21ClN2O4S/c1-3-34-28(33)25-21(17-9-11-18(29)12-10-17)15-36-27(25)31-26(32)20-14-23(24-13-8-16(2)35-24)30-22-7-5-4-6-19(20)22/h4-15H,3H2,1-2H3,(H,31,32). The van der Waals surface area contributed by atoms with Crippen molar-refractivity contribution in [2.75, 3.05) is 11.9 Å². The number of ether oxygens (including phenoxy) is 1. The van der Waals surface area contributed by atoms with E-state index in [-0.39, 0.29) is 12.5 Å². The number of hydrogen-bond donors (Lipinski definition) is 1. The quantitative estimate of drug-likeness (QED) is 0.235. The molecule has 0 unspecified atom stereocenters. The summed E-state index contributed by atoms with van der Waals surface area (Å²) in [6.45, 7) is 3.80. The number of amides is 1. The molecule has 8 heteroatoms. The Bertz CT molecular complexity index is 1590. The molecule has 3 aromatic heterocycles. The Morgan fingerprint density at radius 2 is 1.86 bits per heavy atom. The van der Waals surface area contributed by atoms with Crippen molar-refractivity contribution in [3.05, 3.63) is 94.0 Å². The summed E-state index contributed by atoms with van der Waals surface area (Å²) in [7, 11) is 0. The SMILES string of the molecule is CCOC(=O)c1c(-c2ccc(Cl)cc2)csc1NC(=O)c1cc(-c2ccc(C)o2)nc2ccccc12. The zero-order chi connectivity index (χ0) is 25.2. The molecule has 0 radical (unpaired) electrons.